The van der Waals surface area contributed by atoms with Crippen LogP contribution >= 0.6 is 0 Å². The van der Waals surface area contributed by atoms with Crippen molar-refractivity contribution in [2.24, 2.45) is 0 Å². The smallest absolute Gasteiger partial charge is 0.220 e. The van der Waals surface area contributed by atoms with Crippen LogP contribution in [-0.4, -0.2) is 11.4 Å². The first-order valence-corrected chi connectivity index (χ1v) is 6.49. The Morgan fingerprint density at radius 1 is 1.39 bits per heavy atom. The van der Waals surface area contributed by atoms with E-state index >= 15 is 0 Å². The molecule has 0 radical (unpaired) electrons. The number of hydrogen-bond acceptors (Lipinski definition) is 2. The van der Waals surface area contributed by atoms with Gasteiger partial charge in [0.15, 0.2) is 0 Å². The van der Waals surface area contributed by atoms with E-state index in [9.17, 15) is 4.79 Å². The lowest BCUT2D eigenvalue weighted by Crippen LogP contribution is -2.42. The van der Waals surface area contributed by atoms with Crippen molar-refractivity contribution < 1.29 is 9.21 Å². The van der Waals surface area contributed by atoms with Gasteiger partial charge in [-0.3, -0.25) is 4.79 Å². The number of amides is 1. The normalized spacial score (nSPS) is 23.5. The lowest BCUT2D eigenvalue weighted by Gasteiger charge is -2.26. The lowest BCUT2D eigenvalue weighted by molar-refractivity contribution is -0.119. The van der Waals surface area contributed by atoms with Crippen LogP contribution in [0.5, 0.6) is 0 Å². The molecule has 2 heterocycles. The average molecular weight is 243 g/mol. The van der Waals surface area contributed by atoms with Crippen molar-refractivity contribution in [3.05, 3.63) is 36.1 Å². The van der Waals surface area contributed by atoms with Gasteiger partial charge in [0.25, 0.3) is 0 Å². The van der Waals surface area contributed by atoms with Gasteiger partial charge in [-0.1, -0.05) is 25.1 Å². The van der Waals surface area contributed by atoms with Crippen LogP contribution in [0.1, 0.15) is 31.9 Å². The van der Waals surface area contributed by atoms with E-state index in [0.29, 0.717) is 6.42 Å². The van der Waals surface area contributed by atoms with Crippen molar-refractivity contribution >= 4 is 16.9 Å². The van der Waals surface area contributed by atoms with E-state index in [0.717, 1.165) is 36.0 Å². The highest BCUT2D eigenvalue weighted by Crippen LogP contribution is 2.30. The van der Waals surface area contributed by atoms with Crippen LogP contribution < -0.4 is 5.32 Å². The first-order valence-electron chi connectivity index (χ1n) is 6.49. The molecule has 1 aromatic carbocycles. The molecule has 2 aromatic rings. The highest BCUT2D eigenvalue weighted by molar-refractivity contribution is 5.80. The number of carbonyl (C=O) groups is 1. The van der Waals surface area contributed by atoms with Crippen LogP contribution in [0.4, 0.5) is 0 Å². The molecule has 1 aliphatic heterocycles. The minimum atomic E-state index is -0.106. The second-order valence-electron chi connectivity index (χ2n) is 5.11. The Bertz CT molecular complexity index is 554. The Morgan fingerprint density at radius 3 is 2.89 bits per heavy atom. The minimum absolute atomic E-state index is 0.106. The molecule has 1 N–H and O–H groups in total. The van der Waals surface area contributed by atoms with Crippen LogP contribution in [0.3, 0.4) is 0 Å². The van der Waals surface area contributed by atoms with Crippen LogP contribution in [0.2, 0.25) is 0 Å². The molecule has 94 valence electrons. The summed E-state index contributed by atoms with van der Waals surface area (Å²) in [6, 6.07) is 10.1. The van der Waals surface area contributed by atoms with E-state index in [2.05, 4.69) is 18.3 Å². The number of carbonyl (C=O) groups excluding carboxylic acids is 1. The maximum absolute atomic E-state index is 11.4. The molecule has 3 nitrogen and oxygen atoms in total. The van der Waals surface area contributed by atoms with Gasteiger partial charge in [0, 0.05) is 23.8 Å². The van der Waals surface area contributed by atoms with Crippen LogP contribution in [0.25, 0.3) is 11.0 Å². The summed E-state index contributed by atoms with van der Waals surface area (Å²) in [5, 5.41) is 4.24. The fourth-order valence-corrected chi connectivity index (χ4v) is 2.75. The number of hydrogen-bond donors (Lipinski definition) is 1. The Morgan fingerprint density at radius 2 is 2.22 bits per heavy atom. The fourth-order valence-electron chi connectivity index (χ4n) is 2.75. The number of benzene rings is 1. The maximum Gasteiger partial charge on any atom is 0.220 e. The van der Waals surface area contributed by atoms with Crippen LogP contribution in [0.15, 0.2) is 34.7 Å². The second kappa shape index (κ2) is 4.16. The molecule has 1 atom stereocenters. The van der Waals surface area contributed by atoms with E-state index in [1.54, 1.807) is 0 Å². The monoisotopic (exact) mass is 243 g/mol. The van der Waals surface area contributed by atoms with E-state index in [-0.39, 0.29) is 11.4 Å². The molecular formula is C15H17NO2. The first-order chi connectivity index (χ1) is 8.71. The molecule has 0 bridgehead atoms. The fraction of sp³-hybridized carbons (Fsp3) is 0.400. The van der Waals surface area contributed by atoms with Crippen molar-refractivity contribution in [2.45, 2.75) is 38.1 Å². The molecule has 1 unspecified atom stereocenters. The zero-order chi connectivity index (χ0) is 12.6. The van der Waals surface area contributed by atoms with Gasteiger partial charge in [0.05, 0.1) is 0 Å². The van der Waals surface area contributed by atoms with Crippen molar-refractivity contribution in [1.82, 2.24) is 5.32 Å². The first kappa shape index (κ1) is 11.3. The Balaban J connectivity index is 1.89. The number of rotatable bonds is 3. The lowest BCUT2D eigenvalue weighted by atomic mass is 9.89. The highest BCUT2D eigenvalue weighted by Gasteiger charge is 2.36. The molecule has 1 saturated heterocycles. The SMILES string of the molecule is CCC1(Cc2cc3ccccc3o2)CCC(=O)N1. The Kier molecular flexibility index (Phi) is 2.62. The summed E-state index contributed by atoms with van der Waals surface area (Å²) >= 11 is 0. The predicted molar refractivity (Wildman–Crippen MR) is 70.3 cm³/mol. The van der Waals surface area contributed by atoms with Gasteiger partial charge in [-0.25, -0.2) is 0 Å². The summed E-state index contributed by atoms with van der Waals surface area (Å²) in [7, 11) is 0. The molecule has 3 rings (SSSR count). The van der Waals surface area contributed by atoms with Crippen LogP contribution in [-0.2, 0) is 11.2 Å². The van der Waals surface area contributed by atoms with E-state index < -0.39 is 0 Å². The van der Waals surface area contributed by atoms with Crippen molar-refractivity contribution in [3.63, 3.8) is 0 Å². The third kappa shape index (κ3) is 1.90. The van der Waals surface area contributed by atoms with Gasteiger partial charge in [0.1, 0.15) is 11.3 Å². The molecule has 0 aliphatic carbocycles. The molecule has 1 amide bonds. The topological polar surface area (TPSA) is 42.2 Å². The number of nitrogens with one attached hydrogen (secondary N) is 1. The number of para-hydroxylation sites is 1. The van der Waals surface area contributed by atoms with E-state index in [1.807, 2.05) is 24.3 Å². The van der Waals surface area contributed by atoms with E-state index in [1.165, 1.54) is 0 Å². The van der Waals surface area contributed by atoms with Gasteiger partial charge in [0.2, 0.25) is 5.91 Å². The third-order valence-electron chi connectivity index (χ3n) is 3.90. The molecule has 18 heavy (non-hydrogen) atoms. The Labute approximate surface area is 106 Å². The molecular weight excluding hydrogens is 226 g/mol. The molecule has 1 aliphatic rings. The summed E-state index contributed by atoms with van der Waals surface area (Å²) in [6.45, 7) is 2.12. The largest absolute Gasteiger partial charge is 0.461 e. The predicted octanol–water partition coefficient (Wildman–Crippen LogP) is 3.03. The third-order valence-corrected chi connectivity index (χ3v) is 3.90. The summed E-state index contributed by atoms with van der Waals surface area (Å²) in [4.78, 5) is 11.4. The zero-order valence-electron chi connectivity index (χ0n) is 10.5. The molecule has 1 fully saturated rings. The minimum Gasteiger partial charge on any atom is -0.461 e. The second-order valence-corrected chi connectivity index (χ2v) is 5.11. The standard InChI is InChI=1S/C15H17NO2/c1-2-15(8-7-14(17)16-15)10-12-9-11-5-3-4-6-13(11)18-12/h3-6,9H,2,7-8,10H2,1H3,(H,16,17). The quantitative estimate of drug-likeness (QED) is 0.900. The van der Waals surface area contributed by atoms with Gasteiger partial charge in [-0.2, -0.15) is 0 Å². The number of furan rings is 1. The van der Waals surface area contributed by atoms with Gasteiger partial charge in [-0.15, -0.1) is 0 Å². The van der Waals surface area contributed by atoms with Crippen molar-refractivity contribution in [3.8, 4) is 0 Å². The average Bonchev–Trinajstić information content (AvgIpc) is 2.93. The molecule has 0 spiro atoms. The van der Waals surface area contributed by atoms with Gasteiger partial charge < -0.3 is 9.73 Å². The molecule has 3 heteroatoms. The van der Waals surface area contributed by atoms with Crippen molar-refractivity contribution in [1.29, 1.82) is 0 Å². The summed E-state index contributed by atoms with van der Waals surface area (Å²) < 4.78 is 5.84. The molecule has 1 aromatic heterocycles. The zero-order valence-corrected chi connectivity index (χ0v) is 10.5. The van der Waals surface area contributed by atoms with Gasteiger partial charge in [-0.05, 0) is 25.0 Å². The highest BCUT2D eigenvalue weighted by atomic mass is 16.3. The maximum atomic E-state index is 11.4. The Hall–Kier alpha value is -1.77. The van der Waals surface area contributed by atoms with E-state index in [4.69, 9.17) is 4.42 Å². The number of fused-ring (bicyclic) bond motifs is 1. The molecule has 0 saturated carbocycles. The summed E-state index contributed by atoms with van der Waals surface area (Å²) in [5.74, 6) is 1.12. The van der Waals surface area contributed by atoms with Crippen LogP contribution in [0, 0.1) is 0 Å². The van der Waals surface area contributed by atoms with Crippen molar-refractivity contribution in [2.75, 3.05) is 0 Å². The summed E-state index contributed by atoms with van der Waals surface area (Å²) in [5.41, 5.74) is 0.813. The summed E-state index contributed by atoms with van der Waals surface area (Å²) in [6.07, 6.45) is 3.26. The van der Waals surface area contributed by atoms with Gasteiger partial charge >= 0.3 is 0 Å².